The molecule has 0 aliphatic rings. The maximum absolute atomic E-state index is 12.1. The van der Waals surface area contributed by atoms with Crippen LogP contribution in [0.15, 0.2) is 24.3 Å². The number of benzene rings is 1. The van der Waals surface area contributed by atoms with Gasteiger partial charge in [0.2, 0.25) is 0 Å². The summed E-state index contributed by atoms with van der Waals surface area (Å²) >= 11 is 7.92. The van der Waals surface area contributed by atoms with E-state index in [1.54, 1.807) is 0 Å². The molecule has 1 unspecified atom stereocenters. The van der Waals surface area contributed by atoms with E-state index in [1.807, 2.05) is 24.3 Å². The van der Waals surface area contributed by atoms with Crippen molar-refractivity contribution in [3.8, 4) is 0 Å². The van der Waals surface area contributed by atoms with Crippen molar-refractivity contribution >= 4 is 40.1 Å². The first kappa shape index (κ1) is 14.8. The molecule has 0 spiro atoms. The molecule has 1 aromatic carbocycles. The first-order valence-corrected chi connectivity index (χ1v) is 7.29. The number of hydrogen-bond donors (Lipinski definition) is 1. The Bertz CT molecular complexity index is 381. The summed E-state index contributed by atoms with van der Waals surface area (Å²) in [7, 11) is 0. The van der Waals surface area contributed by atoms with Gasteiger partial charge in [-0.3, -0.25) is 4.79 Å². The van der Waals surface area contributed by atoms with E-state index in [-0.39, 0.29) is 11.9 Å². The van der Waals surface area contributed by atoms with Gasteiger partial charge in [-0.1, -0.05) is 26.0 Å². The third kappa shape index (κ3) is 4.47. The first-order chi connectivity index (χ1) is 8.06. The van der Waals surface area contributed by atoms with Crippen molar-refractivity contribution in [2.75, 3.05) is 5.88 Å². The van der Waals surface area contributed by atoms with Crippen LogP contribution in [0.25, 0.3) is 0 Å². The van der Waals surface area contributed by atoms with Crippen LogP contribution in [-0.4, -0.2) is 17.8 Å². The largest absolute Gasteiger partial charge is 0.349 e. The van der Waals surface area contributed by atoms with Crippen LogP contribution in [0.5, 0.6) is 0 Å². The topological polar surface area (TPSA) is 29.1 Å². The van der Waals surface area contributed by atoms with Gasteiger partial charge in [0.1, 0.15) is 0 Å². The second-order valence-electron chi connectivity index (χ2n) is 4.28. The monoisotopic (exact) mass is 365 g/mol. The number of nitrogens with one attached hydrogen (secondary N) is 1. The highest BCUT2D eigenvalue weighted by atomic mass is 127. The third-order valence-corrected chi connectivity index (χ3v) is 3.82. The number of amides is 1. The highest BCUT2D eigenvalue weighted by Crippen LogP contribution is 2.13. The van der Waals surface area contributed by atoms with E-state index in [4.69, 9.17) is 11.6 Å². The fraction of sp³-hybridized carbons (Fsp3) is 0.462. The average molecular weight is 366 g/mol. The molecule has 0 saturated carbocycles. The molecular formula is C13H17ClINO. The summed E-state index contributed by atoms with van der Waals surface area (Å²) in [5.41, 5.74) is 0.730. The molecule has 1 N–H and O–H groups in total. The van der Waals surface area contributed by atoms with Crippen molar-refractivity contribution in [2.24, 2.45) is 5.92 Å². The van der Waals surface area contributed by atoms with Gasteiger partial charge >= 0.3 is 0 Å². The molecule has 1 atom stereocenters. The molecular weight excluding hydrogens is 349 g/mol. The van der Waals surface area contributed by atoms with E-state index in [9.17, 15) is 4.79 Å². The normalized spacial score (nSPS) is 12.5. The van der Waals surface area contributed by atoms with Gasteiger partial charge in [-0.2, -0.15) is 0 Å². The Morgan fingerprint density at radius 2 is 2.06 bits per heavy atom. The molecule has 1 amide bonds. The molecule has 4 heteroatoms. The van der Waals surface area contributed by atoms with Crippen molar-refractivity contribution in [2.45, 2.75) is 26.3 Å². The first-order valence-electron chi connectivity index (χ1n) is 5.67. The van der Waals surface area contributed by atoms with Crippen LogP contribution in [0, 0.1) is 9.49 Å². The number of rotatable bonds is 5. The highest BCUT2D eigenvalue weighted by molar-refractivity contribution is 14.1. The van der Waals surface area contributed by atoms with E-state index in [2.05, 4.69) is 41.8 Å². The summed E-state index contributed by atoms with van der Waals surface area (Å²) in [5.74, 6) is 0.938. The van der Waals surface area contributed by atoms with E-state index in [0.717, 1.165) is 15.6 Å². The van der Waals surface area contributed by atoms with Gasteiger partial charge in [0, 0.05) is 15.5 Å². The molecule has 0 saturated heterocycles. The van der Waals surface area contributed by atoms with E-state index in [0.29, 0.717) is 11.8 Å². The predicted octanol–water partition coefficient (Wildman–Crippen LogP) is 3.67. The maximum Gasteiger partial charge on any atom is 0.252 e. The lowest BCUT2D eigenvalue weighted by Crippen LogP contribution is -2.39. The van der Waals surface area contributed by atoms with Crippen LogP contribution in [0.2, 0.25) is 0 Å². The van der Waals surface area contributed by atoms with Crippen LogP contribution in [0.4, 0.5) is 0 Å². The Morgan fingerprint density at radius 3 is 2.59 bits per heavy atom. The predicted molar refractivity (Wildman–Crippen MR) is 80.6 cm³/mol. The number of alkyl halides is 1. The molecule has 0 aliphatic heterocycles. The lowest BCUT2D eigenvalue weighted by molar-refractivity contribution is 0.0924. The zero-order valence-electron chi connectivity index (χ0n) is 10.0. The number of halogens is 2. The number of carbonyl (C=O) groups excluding carboxylic acids is 1. The SMILES string of the molecule is CC(C)C(CCCl)NC(=O)c1ccccc1I. The Labute approximate surface area is 121 Å². The minimum Gasteiger partial charge on any atom is -0.349 e. The van der Waals surface area contributed by atoms with Gasteiger partial charge in [-0.15, -0.1) is 11.6 Å². The number of carbonyl (C=O) groups is 1. The molecule has 0 aliphatic carbocycles. The van der Waals surface area contributed by atoms with Crippen molar-refractivity contribution in [3.63, 3.8) is 0 Å². The van der Waals surface area contributed by atoms with E-state index in [1.165, 1.54) is 0 Å². The molecule has 1 aromatic rings. The lowest BCUT2D eigenvalue weighted by Gasteiger charge is -2.21. The minimum atomic E-state index is -0.0150. The van der Waals surface area contributed by atoms with Crippen molar-refractivity contribution in [1.29, 1.82) is 0 Å². The Kier molecular flexibility index (Phi) is 6.27. The molecule has 2 nitrogen and oxygen atoms in total. The highest BCUT2D eigenvalue weighted by Gasteiger charge is 2.17. The summed E-state index contributed by atoms with van der Waals surface area (Å²) in [6, 6.07) is 7.72. The molecule has 0 radical (unpaired) electrons. The van der Waals surface area contributed by atoms with Gasteiger partial charge in [-0.25, -0.2) is 0 Å². The summed E-state index contributed by atoms with van der Waals surface area (Å²) in [4.78, 5) is 12.1. The third-order valence-electron chi connectivity index (χ3n) is 2.66. The van der Waals surface area contributed by atoms with Gasteiger partial charge < -0.3 is 5.32 Å². The van der Waals surface area contributed by atoms with Crippen LogP contribution in [0.1, 0.15) is 30.6 Å². The second kappa shape index (κ2) is 7.21. The Balaban J connectivity index is 2.74. The second-order valence-corrected chi connectivity index (χ2v) is 5.82. The molecule has 0 aromatic heterocycles. The standard InChI is InChI=1S/C13H17ClINO/c1-9(2)12(7-8-14)16-13(17)10-5-3-4-6-11(10)15/h3-6,9,12H,7-8H2,1-2H3,(H,16,17). The van der Waals surface area contributed by atoms with Crippen molar-refractivity contribution in [3.05, 3.63) is 33.4 Å². The molecule has 17 heavy (non-hydrogen) atoms. The fourth-order valence-corrected chi connectivity index (χ4v) is 2.45. The molecule has 94 valence electrons. The smallest absolute Gasteiger partial charge is 0.252 e. The molecule has 1 rings (SSSR count). The fourth-order valence-electron chi connectivity index (χ4n) is 1.58. The maximum atomic E-state index is 12.1. The Hall–Kier alpha value is -0.290. The van der Waals surface area contributed by atoms with Crippen LogP contribution >= 0.6 is 34.2 Å². The van der Waals surface area contributed by atoms with Crippen LogP contribution in [-0.2, 0) is 0 Å². The quantitative estimate of drug-likeness (QED) is 0.626. The molecule has 0 heterocycles. The van der Waals surface area contributed by atoms with Gasteiger partial charge in [0.15, 0.2) is 0 Å². The molecule has 0 bridgehead atoms. The Morgan fingerprint density at radius 1 is 1.41 bits per heavy atom. The summed E-state index contributed by atoms with van der Waals surface area (Å²) in [6.07, 6.45) is 0.800. The van der Waals surface area contributed by atoms with Crippen molar-refractivity contribution < 1.29 is 4.79 Å². The van der Waals surface area contributed by atoms with E-state index >= 15 is 0 Å². The summed E-state index contributed by atoms with van der Waals surface area (Å²) < 4.78 is 0.968. The lowest BCUT2D eigenvalue weighted by atomic mass is 10.0. The van der Waals surface area contributed by atoms with E-state index < -0.39 is 0 Å². The number of hydrogen-bond acceptors (Lipinski definition) is 1. The van der Waals surface area contributed by atoms with Gasteiger partial charge in [0.25, 0.3) is 5.91 Å². The average Bonchev–Trinajstić information content (AvgIpc) is 2.28. The van der Waals surface area contributed by atoms with Gasteiger partial charge in [0.05, 0.1) is 5.56 Å². The summed E-state index contributed by atoms with van der Waals surface area (Å²) in [5, 5.41) is 3.05. The zero-order chi connectivity index (χ0) is 12.8. The zero-order valence-corrected chi connectivity index (χ0v) is 13.0. The van der Waals surface area contributed by atoms with Crippen LogP contribution < -0.4 is 5.32 Å². The minimum absolute atomic E-state index is 0.0150. The molecule has 0 fully saturated rings. The van der Waals surface area contributed by atoms with Crippen molar-refractivity contribution in [1.82, 2.24) is 5.32 Å². The van der Waals surface area contributed by atoms with Gasteiger partial charge in [-0.05, 0) is 47.1 Å². The summed E-state index contributed by atoms with van der Waals surface area (Å²) in [6.45, 7) is 4.18. The van der Waals surface area contributed by atoms with Crippen LogP contribution in [0.3, 0.4) is 0 Å².